The summed E-state index contributed by atoms with van der Waals surface area (Å²) in [5, 5.41) is 2.32. The zero-order valence-electron chi connectivity index (χ0n) is 15.1. The van der Waals surface area contributed by atoms with Gasteiger partial charge in [-0.3, -0.25) is 14.2 Å². The standard InChI is InChI=1S/C22H15F2N3O2/c23-15-10-11-16(24)18(12-15)25-20(28)13-27-19-9-5-4-8-17(19)26-21(22(27)29)14-6-2-1-3-7-14/h1-12H,13H2,(H,25,28). The number of fused-ring (bicyclic) bond motifs is 1. The van der Waals surface area contributed by atoms with Gasteiger partial charge in [-0.05, 0) is 24.3 Å². The molecule has 1 aromatic heterocycles. The maximum Gasteiger partial charge on any atom is 0.278 e. The van der Waals surface area contributed by atoms with Crippen molar-refractivity contribution in [2.75, 3.05) is 5.32 Å². The summed E-state index contributed by atoms with van der Waals surface area (Å²) in [6.07, 6.45) is 0. The van der Waals surface area contributed by atoms with Gasteiger partial charge in [0, 0.05) is 11.6 Å². The van der Waals surface area contributed by atoms with Crippen LogP contribution >= 0.6 is 0 Å². The van der Waals surface area contributed by atoms with E-state index < -0.39 is 23.1 Å². The zero-order valence-corrected chi connectivity index (χ0v) is 15.1. The lowest BCUT2D eigenvalue weighted by atomic mass is 10.1. The molecule has 1 amide bonds. The largest absolute Gasteiger partial charge is 0.322 e. The molecule has 0 bridgehead atoms. The Balaban J connectivity index is 1.76. The van der Waals surface area contributed by atoms with Gasteiger partial charge in [-0.2, -0.15) is 0 Å². The molecule has 5 nitrogen and oxygen atoms in total. The van der Waals surface area contributed by atoms with Crippen molar-refractivity contribution in [3.8, 4) is 11.3 Å². The van der Waals surface area contributed by atoms with Crippen molar-refractivity contribution in [2.24, 2.45) is 0 Å². The minimum absolute atomic E-state index is 0.203. The van der Waals surface area contributed by atoms with E-state index in [1.165, 1.54) is 4.57 Å². The molecule has 4 rings (SSSR count). The molecule has 0 aliphatic rings. The van der Waals surface area contributed by atoms with Crippen molar-refractivity contribution >= 4 is 22.6 Å². The Morgan fingerprint density at radius 2 is 1.69 bits per heavy atom. The molecule has 0 fully saturated rings. The van der Waals surface area contributed by atoms with E-state index in [1.807, 2.05) is 6.07 Å². The number of para-hydroxylation sites is 2. The van der Waals surface area contributed by atoms with Crippen LogP contribution in [0.4, 0.5) is 14.5 Å². The second-order valence-corrected chi connectivity index (χ2v) is 6.38. The molecular formula is C22H15F2N3O2. The summed E-state index contributed by atoms with van der Waals surface area (Å²) >= 11 is 0. The molecule has 1 heterocycles. The lowest BCUT2D eigenvalue weighted by Crippen LogP contribution is -2.30. The van der Waals surface area contributed by atoms with Crippen LogP contribution in [0, 0.1) is 11.6 Å². The van der Waals surface area contributed by atoms with E-state index in [1.54, 1.807) is 48.5 Å². The Kier molecular flexibility index (Phi) is 4.87. The van der Waals surface area contributed by atoms with Gasteiger partial charge >= 0.3 is 0 Å². The second-order valence-electron chi connectivity index (χ2n) is 6.38. The van der Waals surface area contributed by atoms with E-state index in [0.717, 1.165) is 18.2 Å². The van der Waals surface area contributed by atoms with Crippen LogP contribution in [0.25, 0.3) is 22.3 Å². The summed E-state index contributed by atoms with van der Waals surface area (Å²) < 4.78 is 28.5. The predicted molar refractivity (Wildman–Crippen MR) is 106 cm³/mol. The molecule has 0 saturated carbocycles. The second kappa shape index (κ2) is 7.63. The van der Waals surface area contributed by atoms with Crippen LogP contribution in [0.1, 0.15) is 0 Å². The molecular weight excluding hydrogens is 376 g/mol. The number of nitrogens with one attached hydrogen (secondary N) is 1. The highest BCUT2D eigenvalue weighted by Crippen LogP contribution is 2.18. The molecule has 0 aliphatic carbocycles. The lowest BCUT2D eigenvalue weighted by Gasteiger charge is -2.13. The van der Waals surface area contributed by atoms with Crippen LogP contribution in [0.3, 0.4) is 0 Å². The fourth-order valence-corrected chi connectivity index (χ4v) is 3.06. The number of amides is 1. The first kappa shape index (κ1) is 18.5. The fraction of sp³-hybridized carbons (Fsp3) is 0.0455. The van der Waals surface area contributed by atoms with E-state index in [0.29, 0.717) is 16.6 Å². The molecule has 0 radical (unpaired) electrons. The summed E-state index contributed by atoms with van der Waals surface area (Å²) in [6, 6.07) is 18.6. The molecule has 4 aromatic rings. The quantitative estimate of drug-likeness (QED) is 0.572. The van der Waals surface area contributed by atoms with Crippen molar-refractivity contribution in [2.45, 2.75) is 6.54 Å². The zero-order chi connectivity index (χ0) is 20.4. The van der Waals surface area contributed by atoms with Crippen LogP contribution in [0.2, 0.25) is 0 Å². The average Bonchev–Trinajstić information content (AvgIpc) is 2.73. The molecule has 7 heteroatoms. The van der Waals surface area contributed by atoms with Crippen molar-refractivity contribution in [1.82, 2.24) is 9.55 Å². The Morgan fingerprint density at radius 1 is 0.966 bits per heavy atom. The number of carbonyl (C=O) groups is 1. The molecule has 3 aromatic carbocycles. The number of halogens is 2. The van der Waals surface area contributed by atoms with Crippen molar-refractivity contribution < 1.29 is 13.6 Å². The molecule has 29 heavy (non-hydrogen) atoms. The Bertz CT molecular complexity index is 1270. The molecule has 0 unspecified atom stereocenters. The fourth-order valence-electron chi connectivity index (χ4n) is 3.06. The SMILES string of the molecule is O=C(Cn1c(=O)c(-c2ccccc2)nc2ccccc21)Nc1cc(F)ccc1F. The van der Waals surface area contributed by atoms with Crippen LogP contribution < -0.4 is 10.9 Å². The monoisotopic (exact) mass is 391 g/mol. The smallest absolute Gasteiger partial charge is 0.278 e. The summed E-state index contributed by atoms with van der Waals surface area (Å²) in [5.74, 6) is -2.11. The van der Waals surface area contributed by atoms with Crippen LogP contribution in [0.5, 0.6) is 0 Å². The third-order valence-corrected chi connectivity index (χ3v) is 4.40. The van der Waals surface area contributed by atoms with Crippen LogP contribution in [-0.2, 0) is 11.3 Å². The Labute approximate surface area is 164 Å². The van der Waals surface area contributed by atoms with Gasteiger partial charge in [0.15, 0.2) is 0 Å². The number of hydrogen-bond acceptors (Lipinski definition) is 3. The van der Waals surface area contributed by atoms with E-state index in [9.17, 15) is 18.4 Å². The highest BCUT2D eigenvalue weighted by Gasteiger charge is 2.16. The normalized spacial score (nSPS) is 10.8. The van der Waals surface area contributed by atoms with Crippen molar-refractivity contribution in [3.05, 3.63) is 94.8 Å². The van der Waals surface area contributed by atoms with Gasteiger partial charge < -0.3 is 5.32 Å². The van der Waals surface area contributed by atoms with E-state index in [-0.39, 0.29) is 17.9 Å². The first-order valence-electron chi connectivity index (χ1n) is 8.83. The Morgan fingerprint density at radius 3 is 2.48 bits per heavy atom. The minimum Gasteiger partial charge on any atom is -0.322 e. The first-order valence-corrected chi connectivity index (χ1v) is 8.83. The van der Waals surface area contributed by atoms with Gasteiger partial charge in [0.2, 0.25) is 5.91 Å². The van der Waals surface area contributed by atoms with Gasteiger partial charge in [0.25, 0.3) is 5.56 Å². The van der Waals surface area contributed by atoms with Crippen molar-refractivity contribution in [3.63, 3.8) is 0 Å². The van der Waals surface area contributed by atoms with Crippen LogP contribution in [0.15, 0.2) is 77.6 Å². The molecule has 0 spiro atoms. The lowest BCUT2D eigenvalue weighted by molar-refractivity contribution is -0.116. The summed E-state index contributed by atoms with van der Waals surface area (Å²) in [4.78, 5) is 30.0. The number of rotatable bonds is 4. The Hall–Kier alpha value is -3.87. The number of anilines is 1. The molecule has 0 saturated heterocycles. The van der Waals surface area contributed by atoms with E-state index in [4.69, 9.17) is 0 Å². The third-order valence-electron chi connectivity index (χ3n) is 4.40. The summed E-state index contributed by atoms with van der Waals surface area (Å²) in [7, 11) is 0. The van der Waals surface area contributed by atoms with Gasteiger partial charge in [-0.25, -0.2) is 13.8 Å². The number of hydrogen-bond donors (Lipinski definition) is 1. The summed E-state index contributed by atoms with van der Waals surface area (Å²) in [5.41, 5.74) is 1.08. The van der Waals surface area contributed by atoms with Crippen molar-refractivity contribution in [1.29, 1.82) is 0 Å². The van der Waals surface area contributed by atoms with Gasteiger partial charge in [0.05, 0.1) is 16.7 Å². The predicted octanol–water partition coefficient (Wildman–Crippen LogP) is 3.98. The molecule has 144 valence electrons. The molecule has 1 N–H and O–H groups in total. The maximum absolute atomic E-state index is 13.8. The molecule has 0 atom stereocenters. The van der Waals surface area contributed by atoms with Gasteiger partial charge in [-0.1, -0.05) is 42.5 Å². The van der Waals surface area contributed by atoms with Gasteiger partial charge in [-0.15, -0.1) is 0 Å². The summed E-state index contributed by atoms with van der Waals surface area (Å²) in [6.45, 7) is -0.377. The van der Waals surface area contributed by atoms with Crippen LogP contribution in [-0.4, -0.2) is 15.5 Å². The number of benzene rings is 3. The highest BCUT2D eigenvalue weighted by molar-refractivity contribution is 5.91. The molecule has 0 aliphatic heterocycles. The number of aromatic nitrogens is 2. The van der Waals surface area contributed by atoms with E-state index >= 15 is 0 Å². The first-order chi connectivity index (χ1) is 14.0. The number of carbonyl (C=O) groups excluding carboxylic acids is 1. The maximum atomic E-state index is 13.8. The number of nitrogens with zero attached hydrogens (tertiary/aromatic N) is 2. The third kappa shape index (κ3) is 3.75. The highest BCUT2D eigenvalue weighted by atomic mass is 19.1. The topological polar surface area (TPSA) is 64.0 Å². The van der Waals surface area contributed by atoms with E-state index in [2.05, 4.69) is 10.3 Å². The average molecular weight is 391 g/mol. The minimum atomic E-state index is -0.767. The van der Waals surface area contributed by atoms with Gasteiger partial charge in [0.1, 0.15) is 23.9 Å².